The molecule has 3 heteroatoms. The molecule has 0 saturated heterocycles. The highest BCUT2D eigenvalue weighted by Crippen LogP contribution is 2.08. The van der Waals surface area contributed by atoms with Crippen molar-refractivity contribution in [2.75, 3.05) is 0 Å². The van der Waals surface area contributed by atoms with Crippen molar-refractivity contribution in [3.05, 3.63) is 36.5 Å². The van der Waals surface area contributed by atoms with Gasteiger partial charge in [-0.2, -0.15) is 0 Å². The number of unbranched alkanes of at least 4 members (excludes halogenated alkanes) is 6. The normalized spacial score (nSPS) is 13.6. The maximum atomic E-state index is 10.4. The van der Waals surface area contributed by atoms with Gasteiger partial charge in [-0.15, -0.1) is 0 Å². The number of carbonyl (C=O) groups is 1. The third-order valence-corrected chi connectivity index (χ3v) is 3.21. The van der Waals surface area contributed by atoms with Gasteiger partial charge in [0.1, 0.15) is 0 Å². The van der Waals surface area contributed by atoms with E-state index in [0.29, 0.717) is 6.42 Å². The number of aliphatic carboxylic acids is 1. The van der Waals surface area contributed by atoms with Crippen molar-refractivity contribution >= 4 is 5.97 Å². The third kappa shape index (κ3) is 14.9. The van der Waals surface area contributed by atoms with Crippen LogP contribution in [0.5, 0.6) is 0 Å². The Hall–Kier alpha value is -1.35. The predicted octanol–water partition coefficient (Wildman–Crippen LogP) is 4.63. The molecule has 1 atom stereocenters. The van der Waals surface area contributed by atoms with Crippen molar-refractivity contribution in [1.82, 2.24) is 0 Å². The van der Waals surface area contributed by atoms with Crippen LogP contribution in [0.15, 0.2) is 36.5 Å². The molecular formula is C18H30O3. The first-order chi connectivity index (χ1) is 10.2. The van der Waals surface area contributed by atoms with E-state index in [1.54, 1.807) is 0 Å². The van der Waals surface area contributed by atoms with Gasteiger partial charge in [0.2, 0.25) is 0 Å². The summed E-state index contributed by atoms with van der Waals surface area (Å²) in [5.41, 5.74) is 0. The van der Waals surface area contributed by atoms with E-state index in [-0.39, 0.29) is 0 Å². The van der Waals surface area contributed by atoms with Crippen molar-refractivity contribution in [3.63, 3.8) is 0 Å². The van der Waals surface area contributed by atoms with E-state index in [1.165, 1.54) is 12.8 Å². The molecule has 0 radical (unpaired) electrons. The zero-order valence-electron chi connectivity index (χ0n) is 13.2. The van der Waals surface area contributed by atoms with E-state index in [1.807, 2.05) is 6.08 Å². The second-order valence-electron chi connectivity index (χ2n) is 5.23. The van der Waals surface area contributed by atoms with Crippen LogP contribution in [-0.4, -0.2) is 22.3 Å². The van der Waals surface area contributed by atoms with Gasteiger partial charge in [-0.3, -0.25) is 0 Å². The van der Waals surface area contributed by atoms with E-state index in [9.17, 15) is 4.79 Å². The van der Waals surface area contributed by atoms with E-state index in [0.717, 1.165) is 38.5 Å². The largest absolute Gasteiger partial charge is 0.479 e. The molecule has 0 aromatic rings. The summed E-state index contributed by atoms with van der Waals surface area (Å²) < 4.78 is 0. The zero-order chi connectivity index (χ0) is 15.8. The van der Waals surface area contributed by atoms with Crippen LogP contribution < -0.4 is 0 Å². The molecule has 0 bridgehead atoms. The van der Waals surface area contributed by atoms with Crippen molar-refractivity contribution in [2.24, 2.45) is 0 Å². The number of hydrogen-bond acceptors (Lipinski definition) is 2. The highest BCUT2D eigenvalue weighted by molar-refractivity contribution is 5.71. The van der Waals surface area contributed by atoms with Crippen LogP contribution in [0.4, 0.5) is 0 Å². The lowest BCUT2D eigenvalue weighted by molar-refractivity contribution is -0.146. The van der Waals surface area contributed by atoms with E-state index in [2.05, 4.69) is 37.3 Å². The van der Waals surface area contributed by atoms with Crippen molar-refractivity contribution in [3.8, 4) is 0 Å². The Bertz CT molecular complexity index is 329. The first kappa shape index (κ1) is 19.7. The number of aliphatic hydroxyl groups is 1. The molecule has 0 amide bonds. The first-order valence-electron chi connectivity index (χ1n) is 8.07. The third-order valence-electron chi connectivity index (χ3n) is 3.21. The van der Waals surface area contributed by atoms with Crippen LogP contribution in [0.1, 0.15) is 64.7 Å². The topological polar surface area (TPSA) is 57.5 Å². The molecule has 21 heavy (non-hydrogen) atoms. The van der Waals surface area contributed by atoms with Gasteiger partial charge in [-0.25, -0.2) is 4.79 Å². The van der Waals surface area contributed by atoms with Gasteiger partial charge in [-0.1, -0.05) is 75.5 Å². The Balaban J connectivity index is 3.38. The fraction of sp³-hybridized carbons (Fsp3) is 0.611. The number of carboxylic acids is 1. The van der Waals surface area contributed by atoms with Gasteiger partial charge in [-0.05, 0) is 25.7 Å². The van der Waals surface area contributed by atoms with Crippen LogP contribution >= 0.6 is 0 Å². The minimum Gasteiger partial charge on any atom is -0.479 e. The van der Waals surface area contributed by atoms with Crippen LogP contribution in [-0.2, 0) is 4.79 Å². The Labute approximate surface area is 129 Å². The van der Waals surface area contributed by atoms with Crippen molar-refractivity contribution < 1.29 is 15.0 Å². The highest BCUT2D eigenvalue weighted by atomic mass is 16.4. The monoisotopic (exact) mass is 294 g/mol. The van der Waals surface area contributed by atoms with Crippen LogP contribution in [0.25, 0.3) is 0 Å². The number of allylic oxidation sites excluding steroid dienone is 6. The lowest BCUT2D eigenvalue weighted by atomic mass is 10.1. The second kappa shape index (κ2) is 15.0. The maximum absolute atomic E-state index is 10.4. The summed E-state index contributed by atoms with van der Waals surface area (Å²) >= 11 is 0. The average molecular weight is 294 g/mol. The van der Waals surface area contributed by atoms with Crippen LogP contribution in [0, 0.1) is 0 Å². The first-order valence-corrected chi connectivity index (χ1v) is 8.07. The molecule has 0 aromatic carbocycles. The molecule has 0 aliphatic rings. The summed E-state index contributed by atoms with van der Waals surface area (Å²) in [6.07, 6.45) is 20.4. The summed E-state index contributed by atoms with van der Waals surface area (Å²) in [4.78, 5) is 10.4. The van der Waals surface area contributed by atoms with Gasteiger partial charge in [0.05, 0.1) is 0 Å². The van der Waals surface area contributed by atoms with Gasteiger partial charge < -0.3 is 10.2 Å². The number of rotatable bonds is 13. The van der Waals surface area contributed by atoms with Crippen LogP contribution in [0.2, 0.25) is 0 Å². The number of carboxylic acid groups (broad SMARTS) is 1. The molecule has 120 valence electrons. The number of hydrogen-bond donors (Lipinski definition) is 2. The Kier molecular flexibility index (Phi) is 14.1. The van der Waals surface area contributed by atoms with Gasteiger partial charge in [0.25, 0.3) is 0 Å². The standard InChI is InChI=1S/C18H30O3/c1-2-3-4-5-6-7-8-9-10-11-12-13-14-15-16-17(19)18(20)21/h5-10,17,19H,2-4,11-16H2,1H3,(H,20,21). The minimum atomic E-state index is -1.19. The summed E-state index contributed by atoms with van der Waals surface area (Å²) in [5.74, 6) is -1.12. The summed E-state index contributed by atoms with van der Waals surface area (Å²) in [5, 5.41) is 17.6. The summed E-state index contributed by atoms with van der Waals surface area (Å²) in [6.45, 7) is 2.20. The van der Waals surface area contributed by atoms with E-state index < -0.39 is 12.1 Å². The molecule has 0 aliphatic heterocycles. The maximum Gasteiger partial charge on any atom is 0.332 e. The fourth-order valence-electron chi connectivity index (χ4n) is 1.88. The molecule has 0 saturated carbocycles. The van der Waals surface area contributed by atoms with Gasteiger partial charge in [0, 0.05) is 0 Å². The van der Waals surface area contributed by atoms with E-state index >= 15 is 0 Å². The fourth-order valence-corrected chi connectivity index (χ4v) is 1.88. The van der Waals surface area contributed by atoms with Gasteiger partial charge >= 0.3 is 5.97 Å². The van der Waals surface area contributed by atoms with E-state index in [4.69, 9.17) is 10.2 Å². The van der Waals surface area contributed by atoms with Crippen LogP contribution in [0.3, 0.4) is 0 Å². The molecule has 0 heterocycles. The smallest absolute Gasteiger partial charge is 0.332 e. The second-order valence-corrected chi connectivity index (χ2v) is 5.23. The Morgan fingerprint density at radius 3 is 2.05 bits per heavy atom. The minimum absolute atomic E-state index is 0.359. The molecule has 0 aromatic heterocycles. The van der Waals surface area contributed by atoms with Crippen molar-refractivity contribution in [1.29, 1.82) is 0 Å². The SMILES string of the molecule is CCCCC=CC=CC=CCCCCCCC(O)C(=O)O. The lowest BCUT2D eigenvalue weighted by Gasteiger charge is -2.04. The molecular weight excluding hydrogens is 264 g/mol. The number of aliphatic hydroxyl groups excluding tert-OH is 1. The molecule has 0 fully saturated rings. The zero-order valence-corrected chi connectivity index (χ0v) is 13.2. The molecule has 0 aliphatic carbocycles. The molecule has 0 spiro atoms. The summed E-state index contributed by atoms with van der Waals surface area (Å²) in [7, 11) is 0. The van der Waals surface area contributed by atoms with Gasteiger partial charge in [0.15, 0.2) is 6.10 Å². The molecule has 0 rings (SSSR count). The quantitative estimate of drug-likeness (QED) is 0.384. The molecule has 1 unspecified atom stereocenters. The predicted molar refractivity (Wildman–Crippen MR) is 88.3 cm³/mol. The Morgan fingerprint density at radius 1 is 0.905 bits per heavy atom. The highest BCUT2D eigenvalue weighted by Gasteiger charge is 2.11. The van der Waals surface area contributed by atoms with Crippen molar-refractivity contribution in [2.45, 2.75) is 70.8 Å². The molecule has 3 nitrogen and oxygen atoms in total. The molecule has 2 N–H and O–H groups in total. The Morgan fingerprint density at radius 2 is 1.48 bits per heavy atom. The lowest BCUT2D eigenvalue weighted by Crippen LogP contribution is -2.18. The summed E-state index contributed by atoms with van der Waals surface area (Å²) in [6, 6.07) is 0. The average Bonchev–Trinajstić information content (AvgIpc) is 2.47.